The van der Waals surface area contributed by atoms with Gasteiger partial charge in [-0.1, -0.05) is 0 Å². The molecule has 0 saturated heterocycles. The van der Waals surface area contributed by atoms with Crippen molar-refractivity contribution in [2.24, 2.45) is 0 Å². The molecular formula is C5H10MnO3S. The summed E-state index contributed by atoms with van der Waals surface area (Å²) in [7, 11) is 0. The first-order chi connectivity index (χ1) is 4.18. The predicted octanol–water partition coefficient (Wildman–Crippen LogP) is 0.182. The van der Waals surface area contributed by atoms with E-state index in [9.17, 15) is 4.79 Å². The summed E-state index contributed by atoms with van der Waals surface area (Å²) in [5, 5.41) is 16.8. The van der Waals surface area contributed by atoms with Crippen LogP contribution in [0.1, 0.15) is 6.42 Å². The summed E-state index contributed by atoms with van der Waals surface area (Å²) in [6.45, 7) is 0. The minimum absolute atomic E-state index is 0. The monoisotopic (exact) mass is 205 g/mol. The van der Waals surface area contributed by atoms with Crippen LogP contribution in [0, 0.1) is 0 Å². The molecule has 5 heteroatoms. The number of hydrogen-bond donors (Lipinski definition) is 2. The maximum atomic E-state index is 9.95. The van der Waals surface area contributed by atoms with Crippen molar-refractivity contribution in [2.75, 3.05) is 12.0 Å². The second-order valence-electron chi connectivity index (χ2n) is 1.64. The molecule has 0 aliphatic carbocycles. The molecule has 0 amide bonds. The van der Waals surface area contributed by atoms with Gasteiger partial charge in [-0.2, -0.15) is 11.8 Å². The fourth-order valence-corrected chi connectivity index (χ4v) is 0.812. The summed E-state index contributed by atoms with van der Waals surface area (Å²) >= 11 is 1.52. The van der Waals surface area contributed by atoms with Crippen LogP contribution in [0.2, 0.25) is 0 Å². The van der Waals surface area contributed by atoms with Crippen LogP contribution < -0.4 is 0 Å². The molecular weight excluding hydrogens is 195 g/mol. The molecule has 0 rings (SSSR count). The minimum atomic E-state index is -1.18. The van der Waals surface area contributed by atoms with Crippen molar-refractivity contribution in [3.8, 4) is 0 Å². The molecule has 0 spiro atoms. The van der Waals surface area contributed by atoms with E-state index in [4.69, 9.17) is 10.2 Å². The van der Waals surface area contributed by atoms with Crippen molar-refractivity contribution in [1.29, 1.82) is 0 Å². The van der Waals surface area contributed by atoms with Gasteiger partial charge in [0.2, 0.25) is 0 Å². The van der Waals surface area contributed by atoms with Crippen molar-refractivity contribution in [1.82, 2.24) is 0 Å². The van der Waals surface area contributed by atoms with E-state index in [-0.39, 0.29) is 17.1 Å². The molecule has 0 aromatic heterocycles. The zero-order chi connectivity index (χ0) is 7.28. The van der Waals surface area contributed by atoms with Crippen LogP contribution in [0.3, 0.4) is 0 Å². The third-order valence-corrected chi connectivity index (χ3v) is 1.52. The fourth-order valence-electron chi connectivity index (χ4n) is 0.353. The van der Waals surface area contributed by atoms with Crippen LogP contribution in [-0.2, 0) is 21.9 Å². The zero-order valence-electron chi connectivity index (χ0n) is 5.58. The van der Waals surface area contributed by atoms with Crippen molar-refractivity contribution in [2.45, 2.75) is 12.5 Å². The molecule has 2 N–H and O–H groups in total. The molecule has 3 nitrogen and oxygen atoms in total. The van der Waals surface area contributed by atoms with Gasteiger partial charge in [0.15, 0.2) is 6.10 Å². The number of aliphatic hydroxyl groups is 1. The first-order valence-corrected chi connectivity index (χ1v) is 3.97. The Morgan fingerprint density at radius 1 is 1.70 bits per heavy atom. The van der Waals surface area contributed by atoms with E-state index in [0.29, 0.717) is 12.2 Å². The Labute approximate surface area is 74.7 Å². The van der Waals surface area contributed by atoms with Gasteiger partial charge in [0.05, 0.1) is 0 Å². The third kappa shape index (κ3) is 6.42. The Morgan fingerprint density at radius 2 is 2.20 bits per heavy atom. The van der Waals surface area contributed by atoms with Gasteiger partial charge in [0.1, 0.15) is 0 Å². The molecule has 0 aromatic rings. The quantitative estimate of drug-likeness (QED) is 0.643. The van der Waals surface area contributed by atoms with Crippen molar-refractivity contribution in [3.05, 3.63) is 0 Å². The largest absolute Gasteiger partial charge is 0.479 e. The summed E-state index contributed by atoms with van der Waals surface area (Å²) in [4.78, 5) is 9.95. The molecule has 1 atom stereocenters. The molecule has 0 heterocycles. The molecule has 0 fully saturated rings. The number of aliphatic hydroxyl groups excluding tert-OH is 1. The first kappa shape index (κ1) is 12.9. The minimum Gasteiger partial charge on any atom is -0.479 e. The zero-order valence-corrected chi connectivity index (χ0v) is 7.58. The van der Waals surface area contributed by atoms with Gasteiger partial charge in [-0.15, -0.1) is 0 Å². The van der Waals surface area contributed by atoms with Crippen LogP contribution >= 0.6 is 11.8 Å². The maximum absolute atomic E-state index is 9.95. The molecule has 0 aliphatic heterocycles. The molecule has 1 radical (unpaired) electrons. The predicted molar refractivity (Wildman–Crippen MR) is 36.6 cm³/mol. The van der Waals surface area contributed by atoms with Gasteiger partial charge in [0.25, 0.3) is 0 Å². The summed E-state index contributed by atoms with van der Waals surface area (Å²) in [6, 6.07) is 0. The molecule has 0 aromatic carbocycles. The van der Waals surface area contributed by atoms with Crippen LogP contribution in [-0.4, -0.2) is 34.3 Å². The Kier molecular flexibility index (Phi) is 9.58. The van der Waals surface area contributed by atoms with Crippen molar-refractivity contribution >= 4 is 17.7 Å². The van der Waals surface area contributed by atoms with Crippen molar-refractivity contribution < 1.29 is 32.1 Å². The van der Waals surface area contributed by atoms with E-state index in [1.807, 2.05) is 6.26 Å². The molecule has 10 heavy (non-hydrogen) atoms. The number of aliphatic carboxylic acids is 1. The molecule has 0 saturated carbocycles. The molecule has 0 aliphatic rings. The second-order valence-corrected chi connectivity index (χ2v) is 2.62. The van der Waals surface area contributed by atoms with Gasteiger partial charge >= 0.3 is 5.97 Å². The van der Waals surface area contributed by atoms with Gasteiger partial charge < -0.3 is 10.2 Å². The standard InChI is InChI=1S/C5H10O3S.Mn/c1-9-3-2-4(6)5(7)8;/h4,6H,2-3H2,1H3,(H,7,8);/t4-;/m0./s1. The van der Waals surface area contributed by atoms with Crippen LogP contribution in [0.15, 0.2) is 0 Å². The Bertz CT molecular complexity index is 98.9. The molecule has 61 valence electrons. The molecule has 0 bridgehead atoms. The Balaban J connectivity index is 0. The Morgan fingerprint density at radius 3 is 2.50 bits per heavy atom. The average Bonchev–Trinajstić information content (AvgIpc) is 1.82. The number of carbonyl (C=O) groups is 1. The van der Waals surface area contributed by atoms with Gasteiger partial charge in [-0.3, -0.25) is 0 Å². The summed E-state index contributed by atoms with van der Waals surface area (Å²) in [5.74, 6) is -0.447. The molecule has 0 unspecified atom stereocenters. The van der Waals surface area contributed by atoms with Gasteiger partial charge in [-0.05, 0) is 18.4 Å². The SMILES string of the molecule is CSCC[C@H](O)C(=O)O.[Mn]. The number of hydrogen-bond acceptors (Lipinski definition) is 3. The fraction of sp³-hybridized carbons (Fsp3) is 0.800. The Hall–Kier alpha value is 0.299. The van der Waals surface area contributed by atoms with Crippen LogP contribution in [0.25, 0.3) is 0 Å². The number of carboxylic acid groups (broad SMARTS) is 1. The van der Waals surface area contributed by atoms with E-state index in [1.54, 1.807) is 0 Å². The van der Waals surface area contributed by atoms with E-state index in [1.165, 1.54) is 11.8 Å². The van der Waals surface area contributed by atoms with E-state index in [2.05, 4.69) is 0 Å². The second kappa shape index (κ2) is 7.41. The average molecular weight is 205 g/mol. The summed E-state index contributed by atoms with van der Waals surface area (Å²) in [5.41, 5.74) is 0. The van der Waals surface area contributed by atoms with Crippen LogP contribution in [0.4, 0.5) is 0 Å². The number of thioether (sulfide) groups is 1. The first-order valence-electron chi connectivity index (χ1n) is 2.58. The van der Waals surface area contributed by atoms with E-state index >= 15 is 0 Å². The van der Waals surface area contributed by atoms with Gasteiger partial charge in [0, 0.05) is 17.1 Å². The maximum Gasteiger partial charge on any atom is 0.332 e. The number of carboxylic acids is 1. The normalized spacial score (nSPS) is 11.8. The number of rotatable bonds is 4. The smallest absolute Gasteiger partial charge is 0.332 e. The summed E-state index contributed by atoms with van der Waals surface area (Å²) in [6.07, 6.45) is 1.02. The van der Waals surface area contributed by atoms with Crippen LogP contribution in [0.5, 0.6) is 0 Å². The third-order valence-electron chi connectivity index (χ3n) is 0.880. The van der Waals surface area contributed by atoms with Crippen molar-refractivity contribution in [3.63, 3.8) is 0 Å². The van der Waals surface area contributed by atoms with E-state index < -0.39 is 12.1 Å². The summed E-state index contributed by atoms with van der Waals surface area (Å²) < 4.78 is 0. The van der Waals surface area contributed by atoms with Gasteiger partial charge in [-0.25, -0.2) is 4.79 Å². The topological polar surface area (TPSA) is 57.5 Å². The van der Waals surface area contributed by atoms with E-state index in [0.717, 1.165) is 0 Å².